The molecule has 0 aliphatic rings. The summed E-state index contributed by atoms with van der Waals surface area (Å²) < 4.78 is 64.3. The van der Waals surface area contributed by atoms with Crippen molar-refractivity contribution in [1.29, 1.82) is 0 Å². The largest absolute Gasteiger partial charge is 0.419 e. The van der Waals surface area contributed by atoms with Crippen LogP contribution in [0, 0.1) is 0 Å². The van der Waals surface area contributed by atoms with Crippen molar-refractivity contribution in [3.8, 4) is 0 Å². The van der Waals surface area contributed by atoms with Crippen molar-refractivity contribution in [2.75, 3.05) is 32.0 Å². The van der Waals surface area contributed by atoms with Gasteiger partial charge in [-0.15, -0.1) is 0 Å². The summed E-state index contributed by atoms with van der Waals surface area (Å²) in [5.41, 5.74) is -0.917. The van der Waals surface area contributed by atoms with E-state index in [0.717, 1.165) is 10.4 Å². The van der Waals surface area contributed by atoms with E-state index in [2.05, 4.69) is 15.6 Å². The molecule has 12 heteroatoms. The van der Waals surface area contributed by atoms with Crippen molar-refractivity contribution in [3.63, 3.8) is 0 Å². The Labute approximate surface area is 170 Å². The molecule has 0 radical (unpaired) electrons. The van der Waals surface area contributed by atoms with Gasteiger partial charge in [0.25, 0.3) is 0 Å². The molecule has 1 aromatic heterocycles. The number of aromatic nitrogens is 1. The smallest absolute Gasteiger partial charge is 0.368 e. The Morgan fingerprint density at radius 1 is 1.17 bits per heavy atom. The number of anilines is 1. The summed E-state index contributed by atoms with van der Waals surface area (Å²) in [6, 6.07) is 7.54. The molecule has 0 saturated carbocycles. The van der Waals surface area contributed by atoms with Crippen molar-refractivity contribution in [2.45, 2.75) is 11.1 Å². The minimum absolute atomic E-state index is 0.0197. The van der Waals surface area contributed by atoms with Crippen LogP contribution < -0.4 is 10.6 Å². The minimum Gasteiger partial charge on any atom is -0.368 e. The zero-order chi connectivity index (χ0) is 21.7. The molecule has 1 amide bonds. The summed E-state index contributed by atoms with van der Waals surface area (Å²) in [4.78, 5) is 15.6. The first kappa shape index (κ1) is 22.9. The number of rotatable bonds is 8. The number of halogens is 4. The van der Waals surface area contributed by atoms with E-state index in [0.29, 0.717) is 5.02 Å². The Kier molecular flexibility index (Phi) is 7.44. The number of sulfonamides is 1. The van der Waals surface area contributed by atoms with Crippen molar-refractivity contribution in [3.05, 3.63) is 53.2 Å². The third kappa shape index (κ3) is 6.31. The van der Waals surface area contributed by atoms with Gasteiger partial charge in [-0.25, -0.2) is 13.4 Å². The average Bonchev–Trinajstić information content (AvgIpc) is 2.65. The van der Waals surface area contributed by atoms with E-state index in [1.807, 2.05) is 0 Å². The maximum Gasteiger partial charge on any atom is 0.419 e. The lowest BCUT2D eigenvalue weighted by Gasteiger charge is -2.17. The van der Waals surface area contributed by atoms with Crippen LogP contribution in [0.1, 0.15) is 5.56 Å². The maximum atomic E-state index is 12.9. The normalized spacial score (nSPS) is 12.1. The van der Waals surface area contributed by atoms with Gasteiger partial charge in [0, 0.05) is 31.4 Å². The van der Waals surface area contributed by atoms with Crippen LogP contribution >= 0.6 is 11.6 Å². The van der Waals surface area contributed by atoms with E-state index in [1.54, 1.807) is 0 Å². The van der Waals surface area contributed by atoms with Crippen LogP contribution in [0.2, 0.25) is 5.02 Å². The monoisotopic (exact) mass is 450 g/mol. The first-order chi connectivity index (χ1) is 13.5. The zero-order valence-electron chi connectivity index (χ0n) is 15.2. The second-order valence-electron chi connectivity index (χ2n) is 5.89. The Bertz CT molecular complexity index is 953. The van der Waals surface area contributed by atoms with Crippen LogP contribution in [0.15, 0.2) is 47.5 Å². The molecule has 1 aromatic carbocycles. The van der Waals surface area contributed by atoms with E-state index in [1.165, 1.54) is 43.6 Å². The molecule has 0 unspecified atom stereocenters. The number of carbonyl (C=O) groups excluding carboxylic acids is 1. The van der Waals surface area contributed by atoms with Crippen molar-refractivity contribution < 1.29 is 26.4 Å². The quantitative estimate of drug-likeness (QED) is 0.603. The van der Waals surface area contributed by atoms with Gasteiger partial charge < -0.3 is 10.6 Å². The van der Waals surface area contributed by atoms with Gasteiger partial charge in [0.2, 0.25) is 15.9 Å². The summed E-state index contributed by atoms with van der Waals surface area (Å²) in [6.07, 6.45) is -3.34. The van der Waals surface area contributed by atoms with Gasteiger partial charge in [0.15, 0.2) is 0 Å². The van der Waals surface area contributed by atoms with E-state index < -0.39 is 34.2 Å². The van der Waals surface area contributed by atoms with Gasteiger partial charge in [0.1, 0.15) is 5.82 Å². The third-order valence-electron chi connectivity index (χ3n) is 3.74. The number of alkyl halides is 3. The van der Waals surface area contributed by atoms with Gasteiger partial charge in [-0.3, -0.25) is 4.79 Å². The van der Waals surface area contributed by atoms with Crippen LogP contribution in [0.25, 0.3) is 0 Å². The third-order valence-corrected chi connectivity index (χ3v) is 5.81. The van der Waals surface area contributed by atoms with E-state index in [-0.39, 0.29) is 23.8 Å². The molecule has 0 atom stereocenters. The first-order valence-corrected chi connectivity index (χ1v) is 10.1. The molecule has 2 N–H and O–H groups in total. The number of amides is 1. The van der Waals surface area contributed by atoms with Crippen molar-refractivity contribution in [1.82, 2.24) is 14.6 Å². The molecule has 0 aliphatic heterocycles. The summed E-state index contributed by atoms with van der Waals surface area (Å²) >= 11 is 5.73. The maximum absolute atomic E-state index is 12.9. The van der Waals surface area contributed by atoms with Crippen molar-refractivity contribution in [2.24, 2.45) is 0 Å². The van der Waals surface area contributed by atoms with Gasteiger partial charge in [-0.1, -0.05) is 11.6 Å². The van der Waals surface area contributed by atoms with Crippen LogP contribution in [0.5, 0.6) is 0 Å². The first-order valence-electron chi connectivity index (χ1n) is 8.26. The van der Waals surface area contributed by atoms with Gasteiger partial charge >= 0.3 is 6.18 Å². The fourth-order valence-electron chi connectivity index (χ4n) is 2.29. The molecule has 158 valence electrons. The lowest BCUT2D eigenvalue weighted by Crippen LogP contribution is -2.39. The molecule has 1 heterocycles. The molecular weight excluding hydrogens is 433 g/mol. The molecule has 7 nitrogen and oxygen atoms in total. The zero-order valence-corrected chi connectivity index (χ0v) is 16.8. The number of hydrogen-bond donors (Lipinski definition) is 2. The fraction of sp³-hybridized carbons (Fsp3) is 0.294. The summed E-state index contributed by atoms with van der Waals surface area (Å²) in [6.45, 7) is -0.511. The molecule has 29 heavy (non-hydrogen) atoms. The second-order valence-corrected chi connectivity index (χ2v) is 8.37. The Balaban J connectivity index is 1.85. The fourth-order valence-corrected chi connectivity index (χ4v) is 3.54. The lowest BCUT2D eigenvalue weighted by atomic mass is 10.2. The number of carbonyl (C=O) groups is 1. The highest BCUT2D eigenvalue weighted by Gasteiger charge is 2.34. The van der Waals surface area contributed by atoms with Crippen LogP contribution in [-0.2, 0) is 21.0 Å². The van der Waals surface area contributed by atoms with Gasteiger partial charge in [-0.05, 0) is 36.4 Å². The summed E-state index contributed by atoms with van der Waals surface area (Å²) in [5.74, 6) is -0.958. The van der Waals surface area contributed by atoms with Gasteiger partial charge in [-0.2, -0.15) is 17.5 Å². The molecule has 0 fully saturated rings. The molecule has 2 aromatic rings. The predicted molar refractivity (Wildman–Crippen MR) is 102 cm³/mol. The Morgan fingerprint density at radius 3 is 2.45 bits per heavy atom. The number of benzene rings is 1. The van der Waals surface area contributed by atoms with E-state index in [4.69, 9.17) is 11.6 Å². The predicted octanol–water partition coefficient (Wildman–Crippen LogP) is 2.60. The average molecular weight is 451 g/mol. The highest BCUT2D eigenvalue weighted by Crippen LogP contribution is 2.33. The Morgan fingerprint density at radius 2 is 1.83 bits per heavy atom. The minimum atomic E-state index is -4.56. The van der Waals surface area contributed by atoms with E-state index >= 15 is 0 Å². The van der Waals surface area contributed by atoms with E-state index in [9.17, 15) is 26.4 Å². The number of pyridine rings is 1. The summed E-state index contributed by atoms with van der Waals surface area (Å²) in [5, 5.41) is 5.31. The summed E-state index contributed by atoms with van der Waals surface area (Å²) in [7, 11) is -2.64. The highest BCUT2D eigenvalue weighted by atomic mass is 35.5. The highest BCUT2D eigenvalue weighted by molar-refractivity contribution is 7.89. The lowest BCUT2D eigenvalue weighted by molar-refractivity contribution is -0.137. The molecule has 0 bridgehead atoms. The van der Waals surface area contributed by atoms with Gasteiger partial charge in [0.05, 0.1) is 17.0 Å². The molecular formula is C17H18ClF3N4O3S. The molecule has 0 aliphatic carbocycles. The van der Waals surface area contributed by atoms with Crippen LogP contribution in [-0.4, -0.2) is 50.3 Å². The number of hydrogen-bond acceptors (Lipinski definition) is 5. The molecule has 0 saturated heterocycles. The molecule has 2 rings (SSSR count). The van der Waals surface area contributed by atoms with Crippen LogP contribution in [0.4, 0.5) is 19.0 Å². The Hall–Kier alpha value is -2.37. The standard InChI is InChI=1S/C17H18ClF3N4O3S/c1-25(29(27,28)13-6-4-12(18)5-7-13)11-15(26)22-9-10-24-16-14(17(19,20)21)3-2-8-23-16/h2-8H,9-11H2,1H3,(H,22,26)(H,23,24). The second kappa shape index (κ2) is 9.42. The topological polar surface area (TPSA) is 91.4 Å². The number of nitrogens with one attached hydrogen (secondary N) is 2. The number of nitrogens with zero attached hydrogens (tertiary/aromatic N) is 2. The SMILES string of the molecule is CN(CC(=O)NCCNc1ncccc1C(F)(F)F)S(=O)(=O)c1ccc(Cl)cc1. The number of likely N-dealkylation sites (N-methyl/N-ethyl adjacent to an activating group) is 1. The van der Waals surface area contributed by atoms with Crippen molar-refractivity contribution >= 4 is 33.3 Å². The molecule has 0 spiro atoms. The van der Waals surface area contributed by atoms with Crippen LogP contribution in [0.3, 0.4) is 0 Å².